The zero-order valence-corrected chi connectivity index (χ0v) is 14.3. The van der Waals surface area contributed by atoms with E-state index in [1.165, 1.54) is 0 Å². The lowest BCUT2D eigenvalue weighted by molar-refractivity contribution is 0.0197. The Morgan fingerprint density at radius 3 is 2.74 bits per heavy atom. The fourth-order valence-corrected chi connectivity index (χ4v) is 2.64. The Labute approximate surface area is 137 Å². The lowest BCUT2D eigenvalue weighted by Crippen LogP contribution is -2.42. The minimum absolute atomic E-state index is 0.126. The summed E-state index contributed by atoms with van der Waals surface area (Å²) in [5.74, 6) is -0.0764. The van der Waals surface area contributed by atoms with Crippen molar-refractivity contribution >= 4 is 12.0 Å². The Balaban J connectivity index is 2.09. The maximum absolute atomic E-state index is 12.2. The molecule has 1 aliphatic heterocycles. The van der Waals surface area contributed by atoms with Crippen molar-refractivity contribution in [1.82, 2.24) is 15.2 Å². The monoisotopic (exact) mass is 319 g/mol. The molecule has 1 aliphatic rings. The molecule has 2 rings (SSSR count). The van der Waals surface area contributed by atoms with Crippen LogP contribution in [0, 0.1) is 0 Å². The highest BCUT2D eigenvalue weighted by molar-refractivity contribution is 5.92. The average Bonchev–Trinajstić information content (AvgIpc) is 2.53. The number of rotatable bonds is 2. The molecule has 2 amide bonds. The first kappa shape index (κ1) is 17.2. The van der Waals surface area contributed by atoms with Gasteiger partial charge in [-0.3, -0.25) is 4.79 Å². The van der Waals surface area contributed by atoms with Gasteiger partial charge in [0.2, 0.25) is 0 Å². The molecule has 1 saturated heterocycles. The SMILES string of the molecule is CNC(=O)c1cccc([C@H]2CCCN(C(=O)OC(C)(C)C)C2)n1. The fourth-order valence-electron chi connectivity index (χ4n) is 2.64. The van der Waals surface area contributed by atoms with Crippen molar-refractivity contribution in [3.8, 4) is 0 Å². The Kier molecular flexibility index (Phi) is 5.23. The van der Waals surface area contributed by atoms with Crippen molar-refractivity contribution in [2.24, 2.45) is 0 Å². The third-order valence-electron chi connectivity index (χ3n) is 3.72. The van der Waals surface area contributed by atoms with E-state index < -0.39 is 5.60 Å². The molecule has 1 N–H and O–H groups in total. The predicted octanol–water partition coefficient (Wildman–Crippen LogP) is 2.56. The van der Waals surface area contributed by atoms with Gasteiger partial charge in [0.1, 0.15) is 11.3 Å². The Hall–Kier alpha value is -2.11. The average molecular weight is 319 g/mol. The second-order valence-corrected chi connectivity index (χ2v) is 6.79. The number of amides is 2. The van der Waals surface area contributed by atoms with E-state index in [4.69, 9.17) is 4.74 Å². The number of hydrogen-bond donors (Lipinski definition) is 1. The van der Waals surface area contributed by atoms with Gasteiger partial charge < -0.3 is 15.0 Å². The highest BCUT2D eigenvalue weighted by atomic mass is 16.6. The molecule has 1 atom stereocenters. The zero-order valence-electron chi connectivity index (χ0n) is 14.3. The van der Waals surface area contributed by atoms with Crippen molar-refractivity contribution < 1.29 is 14.3 Å². The van der Waals surface area contributed by atoms with Crippen LogP contribution in [0.15, 0.2) is 18.2 Å². The van der Waals surface area contributed by atoms with Crippen molar-refractivity contribution in [3.63, 3.8) is 0 Å². The quantitative estimate of drug-likeness (QED) is 0.909. The third kappa shape index (κ3) is 4.68. The molecule has 0 saturated carbocycles. The van der Waals surface area contributed by atoms with Crippen molar-refractivity contribution in [2.75, 3.05) is 20.1 Å². The van der Waals surface area contributed by atoms with Gasteiger partial charge in [0.25, 0.3) is 5.91 Å². The number of carbonyl (C=O) groups excluding carboxylic acids is 2. The summed E-state index contributed by atoms with van der Waals surface area (Å²) in [6.45, 7) is 6.85. The van der Waals surface area contributed by atoms with Crippen LogP contribution in [0.25, 0.3) is 0 Å². The van der Waals surface area contributed by atoms with Crippen molar-refractivity contribution in [2.45, 2.75) is 45.1 Å². The van der Waals surface area contributed by atoms with Crippen molar-refractivity contribution in [3.05, 3.63) is 29.6 Å². The number of hydrogen-bond acceptors (Lipinski definition) is 4. The molecule has 6 heteroatoms. The summed E-state index contributed by atoms with van der Waals surface area (Å²) >= 11 is 0. The molecule has 6 nitrogen and oxygen atoms in total. The van der Waals surface area contributed by atoms with Gasteiger partial charge in [-0.2, -0.15) is 0 Å². The van der Waals surface area contributed by atoms with E-state index >= 15 is 0 Å². The van der Waals surface area contributed by atoms with Crippen LogP contribution < -0.4 is 5.32 Å². The second kappa shape index (κ2) is 6.98. The van der Waals surface area contributed by atoms with Crippen molar-refractivity contribution in [1.29, 1.82) is 0 Å². The number of likely N-dealkylation sites (tertiary alicyclic amines) is 1. The van der Waals surface area contributed by atoms with Gasteiger partial charge >= 0.3 is 6.09 Å². The Morgan fingerprint density at radius 1 is 1.35 bits per heavy atom. The molecule has 126 valence electrons. The zero-order chi connectivity index (χ0) is 17.0. The van der Waals surface area contributed by atoms with E-state index in [0.29, 0.717) is 18.8 Å². The topological polar surface area (TPSA) is 71.5 Å². The summed E-state index contributed by atoms with van der Waals surface area (Å²) in [6.07, 6.45) is 1.56. The summed E-state index contributed by atoms with van der Waals surface area (Å²) in [5.41, 5.74) is 0.750. The molecular weight excluding hydrogens is 294 g/mol. The van der Waals surface area contributed by atoms with E-state index in [9.17, 15) is 9.59 Å². The minimum atomic E-state index is -0.499. The molecule has 1 aromatic heterocycles. The fraction of sp³-hybridized carbons (Fsp3) is 0.588. The van der Waals surface area contributed by atoms with E-state index in [1.54, 1.807) is 18.0 Å². The van der Waals surface area contributed by atoms with Crippen LogP contribution in [0.3, 0.4) is 0 Å². The normalized spacial score (nSPS) is 18.4. The molecule has 0 aromatic carbocycles. The lowest BCUT2D eigenvalue weighted by Gasteiger charge is -2.34. The van der Waals surface area contributed by atoms with Gasteiger partial charge in [0, 0.05) is 31.7 Å². The first-order valence-electron chi connectivity index (χ1n) is 7.97. The number of nitrogens with one attached hydrogen (secondary N) is 1. The molecule has 0 aliphatic carbocycles. The van der Waals surface area contributed by atoms with Crippen LogP contribution in [-0.2, 0) is 4.74 Å². The van der Waals surface area contributed by atoms with Gasteiger partial charge in [-0.05, 0) is 45.7 Å². The summed E-state index contributed by atoms with van der Waals surface area (Å²) in [5, 5.41) is 2.58. The molecule has 0 radical (unpaired) electrons. The van der Waals surface area contributed by atoms with Crippen LogP contribution in [0.4, 0.5) is 4.79 Å². The molecule has 23 heavy (non-hydrogen) atoms. The second-order valence-electron chi connectivity index (χ2n) is 6.79. The number of carbonyl (C=O) groups is 2. The van der Waals surface area contributed by atoms with Crippen LogP contribution in [-0.4, -0.2) is 47.6 Å². The standard InChI is InChI=1S/C17H25N3O3/c1-17(2,3)23-16(22)20-10-6-7-12(11-20)13-8-5-9-14(19-13)15(21)18-4/h5,8-9,12H,6-7,10-11H2,1-4H3,(H,18,21)/t12-/m0/s1. The Bertz CT molecular complexity index is 581. The molecular formula is C17H25N3O3. The number of pyridine rings is 1. The third-order valence-corrected chi connectivity index (χ3v) is 3.72. The number of nitrogens with zero attached hydrogens (tertiary/aromatic N) is 2. The van der Waals surface area contributed by atoms with E-state index in [0.717, 1.165) is 18.5 Å². The maximum atomic E-state index is 12.2. The van der Waals surface area contributed by atoms with Crippen LogP contribution in [0.5, 0.6) is 0 Å². The van der Waals surface area contributed by atoms with Gasteiger partial charge in [-0.25, -0.2) is 9.78 Å². The largest absolute Gasteiger partial charge is 0.444 e. The van der Waals surface area contributed by atoms with Gasteiger partial charge in [-0.1, -0.05) is 6.07 Å². The first-order chi connectivity index (χ1) is 10.8. The van der Waals surface area contributed by atoms with Gasteiger partial charge in [-0.15, -0.1) is 0 Å². The molecule has 1 aromatic rings. The van der Waals surface area contributed by atoms with Crippen LogP contribution >= 0.6 is 0 Å². The summed E-state index contributed by atoms with van der Waals surface area (Å²) in [4.78, 5) is 30.1. The molecule has 0 unspecified atom stereocenters. The maximum Gasteiger partial charge on any atom is 0.410 e. The molecule has 0 spiro atoms. The smallest absolute Gasteiger partial charge is 0.410 e. The van der Waals surface area contributed by atoms with E-state index in [1.807, 2.05) is 32.9 Å². The van der Waals surface area contributed by atoms with Gasteiger partial charge in [0.15, 0.2) is 0 Å². The summed E-state index contributed by atoms with van der Waals surface area (Å²) < 4.78 is 5.44. The minimum Gasteiger partial charge on any atom is -0.444 e. The first-order valence-corrected chi connectivity index (χ1v) is 7.97. The Morgan fingerprint density at radius 2 is 2.09 bits per heavy atom. The lowest BCUT2D eigenvalue weighted by atomic mass is 9.94. The summed E-state index contributed by atoms with van der Waals surface area (Å²) in [7, 11) is 1.58. The summed E-state index contributed by atoms with van der Waals surface area (Å²) in [6, 6.07) is 5.44. The van der Waals surface area contributed by atoms with E-state index in [2.05, 4.69) is 10.3 Å². The molecule has 0 bridgehead atoms. The van der Waals surface area contributed by atoms with E-state index in [-0.39, 0.29) is 17.9 Å². The molecule has 2 heterocycles. The van der Waals surface area contributed by atoms with Crippen LogP contribution in [0.1, 0.15) is 55.7 Å². The molecule has 1 fully saturated rings. The number of piperidine rings is 1. The highest BCUT2D eigenvalue weighted by Gasteiger charge is 2.29. The predicted molar refractivity (Wildman–Crippen MR) is 87.4 cm³/mol. The highest BCUT2D eigenvalue weighted by Crippen LogP contribution is 2.26. The number of aromatic nitrogens is 1. The van der Waals surface area contributed by atoms with Crippen LogP contribution in [0.2, 0.25) is 0 Å². The number of ether oxygens (including phenoxy) is 1. The van der Waals surface area contributed by atoms with Gasteiger partial charge in [0.05, 0.1) is 0 Å².